The van der Waals surface area contributed by atoms with Crippen LogP contribution in [0.2, 0.25) is 0 Å². The van der Waals surface area contributed by atoms with Gasteiger partial charge in [-0.2, -0.15) is 5.10 Å². The lowest BCUT2D eigenvalue weighted by Crippen LogP contribution is -2.45. The van der Waals surface area contributed by atoms with Gasteiger partial charge in [0.25, 0.3) is 0 Å². The predicted octanol–water partition coefficient (Wildman–Crippen LogP) is 5.81. The number of ether oxygens (including phenoxy) is 1. The fraction of sp³-hybridized carbons (Fsp3) is 0.487. The van der Waals surface area contributed by atoms with Crippen LogP contribution < -0.4 is 0 Å². The van der Waals surface area contributed by atoms with E-state index >= 15 is 0 Å². The molecule has 4 heterocycles. The maximum atomic E-state index is 14.3. The van der Waals surface area contributed by atoms with Gasteiger partial charge in [-0.25, -0.2) is 19.5 Å². The van der Waals surface area contributed by atoms with Gasteiger partial charge in [0.2, 0.25) is 5.91 Å². The molecule has 4 aromatic rings. The zero-order chi connectivity index (χ0) is 40.2. The molecular formula is C39H46BrN6O9P. The lowest BCUT2D eigenvalue weighted by atomic mass is 9.91. The number of ketones is 3. The summed E-state index contributed by atoms with van der Waals surface area (Å²) in [6.45, 7) is 4.72. The molecule has 56 heavy (non-hydrogen) atoms. The summed E-state index contributed by atoms with van der Waals surface area (Å²) in [7, 11) is -2.95. The number of carbonyl (C=O) groups excluding carboxylic acids is 4. The number of carbonyl (C=O) groups is 4. The van der Waals surface area contributed by atoms with E-state index in [2.05, 4.69) is 42.9 Å². The number of amides is 1. The van der Waals surface area contributed by atoms with Gasteiger partial charge in [-0.05, 0) is 76.9 Å². The number of pyridine rings is 1. The summed E-state index contributed by atoms with van der Waals surface area (Å²) >= 11 is 3.41. The molecule has 4 atom stereocenters. The zero-order valence-corrected chi connectivity index (χ0v) is 34.4. The lowest BCUT2D eigenvalue weighted by molar-refractivity contribution is -0.139. The van der Waals surface area contributed by atoms with Crippen LogP contribution in [-0.2, 0) is 52.1 Å². The molecule has 1 aliphatic carbocycles. The second kappa shape index (κ2) is 17.6. The third kappa shape index (κ3) is 9.55. The normalized spacial score (nSPS) is 19.9. The molecule has 1 aliphatic heterocycles. The Labute approximate surface area is 333 Å². The number of unbranched alkanes of at least 4 members (excludes halogenated alkanes) is 1. The molecule has 3 aromatic heterocycles. The van der Waals surface area contributed by atoms with Crippen LogP contribution >= 0.6 is 23.8 Å². The van der Waals surface area contributed by atoms with E-state index in [-0.39, 0.29) is 73.6 Å². The number of Topliss-reactive ketones (excluding diaryl/α,β-unsaturated/α-hetero) is 3. The number of aryl methyl sites for hydroxylation is 2. The molecule has 1 saturated carbocycles. The molecule has 0 radical (unpaired) electrons. The van der Waals surface area contributed by atoms with Crippen LogP contribution in [-0.4, -0.2) is 96.8 Å². The van der Waals surface area contributed by atoms with Crippen molar-refractivity contribution in [3.8, 4) is 11.1 Å². The summed E-state index contributed by atoms with van der Waals surface area (Å²) in [5.41, 5.74) is 3.76. The molecule has 1 N–H and O–H groups in total. The Kier molecular flexibility index (Phi) is 13.1. The molecule has 1 amide bonds. The van der Waals surface area contributed by atoms with Crippen LogP contribution in [0.4, 0.5) is 0 Å². The van der Waals surface area contributed by atoms with Crippen molar-refractivity contribution in [2.45, 2.75) is 90.8 Å². The first-order valence-electron chi connectivity index (χ1n) is 18.7. The summed E-state index contributed by atoms with van der Waals surface area (Å²) in [5.74, 6) is -0.529. The number of methoxy groups -OCH3 is 1. The Morgan fingerprint density at radius 2 is 1.82 bits per heavy atom. The molecule has 1 saturated heterocycles. The van der Waals surface area contributed by atoms with Gasteiger partial charge in [0, 0.05) is 56.3 Å². The van der Waals surface area contributed by atoms with Gasteiger partial charge in [0.05, 0.1) is 36.9 Å². The van der Waals surface area contributed by atoms with Crippen LogP contribution in [0.3, 0.4) is 0 Å². The number of fused-ring (bicyclic) bond motifs is 2. The van der Waals surface area contributed by atoms with Crippen LogP contribution in [0.15, 0.2) is 47.3 Å². The van der Waals surface area contributed by atoms with Gasteiger partial charge in [-0.15, -0.1) is 0 Å². The highest BCUT2D eigenvalue weighted by Crippen LogP contribution is 2.62. The van der Waals surface area contributed by atoms with Crippen molar-refractivity contribution < 1.29 is 42.4 Å². The van der Waals surface area contributed by atoms with Crippen LogP contribution in [0.1, 0.15) is 79.9 Å². The standard InChI is InChI=1S/C39H46BrN6O9P/c1-5-6-13-39-18-32(33(49)17-30-24(2)7-11-35(40)43-30)46(34(39)19-39)37(50)22-45-31-10-8-26(16-29(31)38(44-45)25(3)47)27-20-41-36(42-21-27)12-9-28(48)23-55-56(51,52)54-15-14-53-4/h7-8,10-11,16,20-21,32,34H,5-6,9,12-15,17-19,22-23H2,1-4H3,(H,51,52)/t32-,34+,39-/m0/s1. The number of hydrogen-bond donors (Lipinski definition) is 1. The van der Waals surface area contributed by atoms with Crippen molar-refractivity contribution in [1.82, 2.24) is 29.6 Å². The molecule has 15 nitrogen and oxygen atoms in total. The highest BCUT2D eigenvalue weighted by Gasteiger charge is 2.66. The Hall–Kier alpha value is -4.05. The monoisotopic (exact) mass is 852 g/mol. The van der Waals surface area contributed by atoms with Crippen LogP contribution in [0.5, 0.6) is 0 Å². The summed E-state index contributed by atoms with van der Waals surface area (Å²) < 4.78 is 28.3. The maximum absolute atomic E-state index is 14.3. The number of nitrogens with zero attached hydrogens (tertiary/aromatic N) is 6. The number of phosphoric acid groups is 1. The average Bonchev–Trinajstić information content (AvgIpc) is 3.59. The number of halogens is 1. The van der Waals surface area contributed by atoms with Gasteiger partial charge >= 0.3 is 7.82 Å². The van der Waals surface area contributed by atoms with Crippen molar-refractivity contribution in [2.75, 3.05) is 26.9 Å². The van der Waals surface area contributed by atoms with Gasteiger partial charge in [0.15, 0.2) is 17.3 Å². The van der Waals surface area contributed by atoms with Gasteiger partial charge in [-0.3, -0.25) is 32.9 Å². The van der Waals surface area contributed by atoms with E-state index in [9.17, 15) is 28.6 Å². The summed E-state index contributed by atoms with van der Waals surface area (Å²) in [4.78, 5) is 78.0. The SMILES string of the molecule is CCCC[C@@]12C[C@@H](C(=O)Cc3nc(Br)ccc3C)N(C(=O)Cn3nc(C(C)=O)c4cc(-c5cnc(CCC(=O)COP(=O)(O)OCCOC)nc5)ccc43)[C@@H]1C2. The number of piperidine rings is 1. The lowest BCUT2D eigenvalue weighted by Gasteiger charge is -2.27. The topological polar surface area (TPSA) is 193 Å². The maximum Gasteiger partial charge on any atom is 0.472 e. The van der Waals surface area contributed by atoms with Crippen molar-refractivity contribution in [3.63, 3.8) is 0 Å². The van der Waals surface area contributed by atoms with Crippen molar-refractivity contribution in [1.29, 1.82) is 0 Å². The first-order chi connectivity index (χ1) is 26.7. The third-order valence-electron chi connectivity index (χ3n) is 10.6. The fourth-order valence-corrected chi connectivity index (χ4v) is 8.53. The second-order valence-corrected chi connectivity index (χ2v) is 16.8. The Bertz CT molecular complexity index is 2180. The number of aromatic nitrogens is 5. The van der Waals surface area contributed by atoms with Gasteiger partial charge in [-0.1, -0.05) is 31.9 Å². The minimum absolute atomic E-state index is 0.00721. The molecule has 2 aliphatic rings. The minimum Gasteiger partial charge on any atom is -0.382 e. The number of phosphoric ester groups is 1. The van der Waals surface area contributed by atoms with Gasteiger partial charge < -0.3 is 14.5 Å². The molecule has 298 valence electrons. The van der Waals surface area contributed by atoms with E-state index in [0.29, 0.717) is 39.0 Å². The smallest absolute Gasteiger partial charge is 0.382 e. The Morgan fingerprint density at radius 3 is 2.54 bits per heavy atom. The van der Waals surface area contributed by atoms with Gasteiger partial charge in [0.1, 0.15) is 29.3 Å². The molecule has 6 rings (SSSR count). The van der Waals surface area contributed by atoms with Crippen molar-refractivity contribution >= 4 is 57.9 Å². The number of benzene rings is 1. The van der Waals surface area contributed by atoms with E-state index in [4.69, 9.17) is 13.8 Å². The summed E-state index contributed by atoms with van der Waals surface area (Å²) in [6.07, 6.45) is 8.07. The molecular weight excluding hydrogens is 807 g/mol. The molecule has 17 heteroatoms. The molecule has 1 aromatic carbocycles. The quantitative estimate of drug-likeness (QED) is 0.0486. The zero-order valence-electron chi connectivity index (χ0n) is 31.9. The average molecular weight is 854 g/mol. The highest BCUT2D eigenvalue weighted by atomic mass is 79.9. The fourth-order valence-electron chi connectivity index (χ4n) is 7.49. The van der Waals surface area contributed by atoms with Crippen molar-refractivity contribution in [2.24, 2.45) is 5.41 Å². The van der Waals surface area contributed by atoms with E-state index < -0.39 is 26.3 Å². The van der Waals surface area contributed by atoms with E-state index in [1.807, 2.05) is 31.2 Å². The van der Waals surface area contributed by atoms with Crippen LogP contribution in [0.25, 0.3) is 22.0 Å². The molecule has 2 fully saturated rings. The second-order valence-electron chi connectivity index (χ2n) is 14.5. The van der Waals surface area contributed by atoms with E-state index in [0.717, 1.165) is 36.8 Å². The molecule has 1 unspecified atom stereocenters. The number of hydrogen-bond acceptors (Lipinski definition) is 12. The predicted molar refractivity (Wildman–Crippen MR) is 209 cm³/mol. The highest BCUT2D eigenvalue weighted by molar-refractivity contribution is 9.10. The third-order valence-corrected chi connectivity index (χ3v) is 12.0. The van der Waals surface area contributed by atoms with E-state index in [1.54, 1.807) is 28.0 Å². The van der Waals surface area contributed by atoms with Crippen LogP contribution in [0, 0.1) is 12.3 Å². The van der Waals surface area contributed by atoms with Crippen molar-refractivity contribution in [3.05, 3.63) is 70.1 Å². The first-order valence-corrected chi connectivity index (χ1v) is 20.9. The number of likely N-dealkylation sites (tertiary alicyclic amines) is 1. The minimum atomic E-state index is -4.37. The molecule has 0 bridgehead atoms. The summed E-state index contributed by atoms with van der Waals surface area (Å²) in [5, 5.41) is 5.17. The largest absolute Gasteiger partial charge is 0.472 e. The Balaban J connectivity index is 1.15. The Morgan fingerprint density at radius 1 is 1.05 bits per heavy atom. The molecule has 0 spiro atoms. The summed E-state index contributed by atoms with van der Waals surface area (Å²) in [6, 6.07) is 8.66. The van der Waals surface area contributed by atoms with E-state index in [1.165, 1.54) is 14.0 Å². The first kappa shape index (κ1) is 41.6. The number of rotatable bonds is 20.